The maximum Gasteiger partial charge on any atom is 0.363 e. The fourth-order valence-corrected chi connectivity index (χ4v) is 2.96. The van der Waals surface area contributed by atoms with E-state index in [1.807, 2.05) is 19.9 Å². The highest BCUT2D eigenvalue weighted by Crippen LogP contribution is 2.47. The van der Waals surface area contributed by atoms with E-state index in [1.54, 1.807) is 31.2 Å². The normalized spacial score (nSPS) is 15.8. The molecule has 0 bridgehead atoms. The zero-order chi connectivity index (χ0) is 13.6. The number of allylic oxidation sites excluding steroid dienone is 1. The van der Waals surface area contributed by atoms with E-state index in [0.29, 0.717) is 5.30 Å². The van der Waals surface area contributed by atoms with E-state index >= 15 is 0 Å². The predicted octanol–water partition coefficient (Wildman–Crippen LogP) is 2.84. The molecule has 0 saturated carbocycles. The lowest BCUT2D eigenvalue weighted by atomic mass is 10.3. The van der Waals surface area contributed by atoms with Crippen LogP contribution in [0.15, 0.2) is 42.0 Å². The van der Waals surface area contributed by atoms with E-state index in [1.165, 1.54) is 6.08 Å². The van der Waals surface area contributed by atoms with Crippen molar-refractivity contribution in [2.45, 2.75) is 27.1 Å². The minimum absolute atomic E-state index is 0.244. The quantitative estimate of drug-likeness (QED) is 0.490. The first-order valence-corrected chi connectivity index (χ1v) is 7.34. The summed E-state index contributed by atoms with van der Waals surface area (Å²) in [5.74, 6) is 0. The van der Waals surface area contributed by atoms with Gasteiger partial charge < -0.3 is 9.63 Å². The summed E-state index contributed by atoms with van der Waals surface area (Å²) in [5, 5.41) is 10.1. The molecule has 1 unspecified atom stereocenters. The largest absolute Gasteiger partial charge is 0.364 e. The zero-order valence-electron chi connectivity index (χ0n) is 10.9. The Balaban J connectivity index is 2.95. The van der Waals surface area contributed by atoms with Gasteiger partial charge in [0, 0.05) is 0 Å². The van der Waals surface area contributed by atoms with E-state index in [4.69, 9.17) is 9.05 Å². The number of benzene rings is 1. The standard InChI is InChI=1S/C13H19O4P/c1-4-16-18(15,12-8-6-5-7-9-12)17-13(14)10-11(2)3/h5-10,13-14H,4H2,1-3H3/t13-,18?/m1/s1. The van der Waals surface area contributed by atoms with Crippen LogP contribution in [0, 0.1) is 0 Å². The summed E-state index contributed by atoms with van der Waals surface area (Å²) in [4.78, 5) is 0. The molecule has 100 valence electrons. The van der Waals surface area contributed by atoms with E-state index in [2.05, 4.69) is 0 Å². The molecule has 0 aromatic heterocycles. The second kappa shape index (κ2) is 6.86. The third kappa shape index (κ3) is 4.39. The Bertz CT molecular complexity index is 438. The maximum absolute atomic E-state index is 12.6. The van der Waals surface area contributed by atoms with Crippen LogP contribution in [0.25, 0.3) is 0 Å². The highest BCUT2D eigenvalue weighted by atomic mass is 31.2. The molecule has 2 atom stereocenters. The van der Waals surface area contributed by atoms with Crippen molar-refractivity contribution in [1.82, 2.24) is 0 Å². The minimum Gasteiger partial charge on any atom is -0.364 e. The SMILES string of the molecule is CCOP(=O)(O[C@@H](O)C=C(C)C)c1ccccc1. The number of hydrogen-bond donors (Lipinski definition) is 1. The Morgan fingerprint density at radius 3 is 2.50 bits per heavy atom. The third-order valence-electron chi connectivity index (χ3n) is 2.09. The van der Waals surface area contributed by atoms with Crippen LogP contribution in [0.3, 0.4) is 0 Å². The van der Waals surface area contributed by atoms with Crippen LogP contribution in [0.5, 0.6) is 0 Å². The molecule has 5 heteroatoms. The molecule has 0 spiro atoms. The number of aliphatic hydroxyl groups is 1. The third-order valence-corrected chi connectivity index (χ3v) is 4.12. The van der Waals surface area contributed by atoms with Gasteiger partial charge in [-0.05, 0) is 39.0 Å². The summed E-state index contributed by atoms with van der Waals surface area (Å²) < 4.78 is 23.0. The molecule has 0 saturated heterocycles. The molecule has 1 aromatic rings. The van der Waals surface area contributed by atoms with Crippen LogP contribution in [-0.2, 0) is 13.6 Å². The molecule has 18 heavy (non-hydrogen) atoms. The molecule has 1 rings (SSSR count). The van der Waals surface area contributed by atoms with Crippen LogP contribution < -0.4 is 5.30 Å². The van der Waals surface area contributed by atoms with Gasteiger partial charge in [0.1, 0.15) is 0 Å². The molecule has 0 aliphatic heterocycles. The first kappa shape index (κ1) is 15.1. The van der Waals surface area contributed by atoms with Crippen molar-refractivity contribution in [2.24, 2.45) is 0 Å². The van der Waals surface area contributed by atoms with E-state index in [-0.39, 0.29) is 6.61 Å². The van der Waals surface area contributed by atoms with Crippen molar-refractivity contribution in [3.8, 4) is 0 Å². The van der Waals surface area contributed by atoms with Crippen LogP contribution in [0.2, 0.25) is 0 Å². The average Bonchev–Trinajstić information content (AvgIpc) is 2.29. The lowest BCUT2D eigenvalue weighted by molar-refractivity contribution is 0.0132. The Kier molecular flexibility index (Phi) is 5.76. The number of rotatable bonds is 6. The van der Waals surface area contributed by atoms with Gasteiger partial charge in [0.15, 0.2) is 6.29 Å². The average molecular weight is 270 g/mol. The lowest BCUT2D eigenvalue weighted by Crippen LogP contribution is -2.16. The zero-order valence-corrected chi connectivity index (χ0v) is 11.8. The van der Waals surface area contributed by atoms with Crippen molar-refractivity contribution < 1.29 is 18.7 Å². The van der Waals surface area contributed by atoms with Crippen LogP contribution >= 0.6 is 7.60 Å². The predicted molar refractivity (Wildman–Crippen MR) is 71.8 cm³/mol. The molecule has 0 radical (unpaired) electrons. The van der Waals surface area contributed by atoms with Crippen molar-refractivity contribution in [3.05, 3.63) is 42.0 Å². The van der Waals surface area contributed by atoms with Gasteiger partial charge >= 0.3 is 7.60 Å². The van der Waals surface area contributed by atoms with Crippen LogP contribution in [0.1, 0.15) is 20.8 Å². The molecular formula is C13H19O4P. The fraction of sp³-hybridized carbons (Fsp3) is 0.385. The molecule has 1 N–H and O–H groups in total. The Morgan fingerprint density at radius 1 is 1.39 bits per heavy atom. The van der Waals surface area contributed by atoms with Crippen molar-refractivity contribution in [2.75, 3.05) is 6.61 Å². The van der Waals surface area contributed by atoms with Gasteiger partial charge in [0.25, 0.3) is 0 Å². The Hall–Kier alpha value is -0.930. The second-order valence-corrected chi connectivity index (χ2v) is 5.97. The van der Waals surface area contributed by atoms with Crippen molar-refractivity contribution in [1.29, 1.82) is 0 Å². The molecule has 0 fully saturated rings. The highest BCUT2D eigenvalue weighted by Gasteiger charge is 2.29. The summed E-state index contributed by atoms with van der Waals surface area (Å²) in [6, 6.07) is 8.62. The van der Waals surface area contributed by atoms with E-state index in [0.717, 1.165) is 5.57 Å². The van der Waals surface area contributed by atoms with Gasteiger partial charge in [-0.15, -0.1) is 0 Å². The highest BCUT2D eigenvalue weighted by molar-refractivity contribution is 7.62. The number of hydrogen-bond acceptors (Lipinski definition) is 4. The fourth-order valence-electron chi connectivity index (χ4n) is 1.40. The van der Waals surface area contributed by atoms with Gasteiger partial charge in [-0.3, -0.25) is 9.09 Å². The molecular weight excluding hydrogens is 251 g/mol. The van der Waals surface area contributed by atoms with Crippen molar-refractivity contribution >= 4 is 12.9 Å². The Labute approximate surface area is 108 Å². The summed E-state index contributed by atoms with van der Waals surface area (Å²) in [6.45, 7) is 5.61. The minimum atomic E-state index is -3.48. The Morgan fingerprint density at radius 2 is 2.00 bits per heavy atom. The van der Waals surface area contributed by atoms with Crippen molar-refractivity contribution in [3.63, 3.8) is 0 Å². The lowest BCUT2D eigenvalue weighted by Gasteiger charge is -2.20. The summed E-state index contributed by atoms with van der Waals surface area (Å²) in [5.41, 5.74) is 0.874. The van der Waals surface area contributed by atoms with Gasteiger partial charge in [-0.25, -0.2) is 0 Å². The maximum atomic E-state index is 12.6. The number of aliphatic hydroxyl groups excluding tert-OH is 1. The topological polar surface area (TPSA) is 55.8 Å². The monoisotopic (exact) mass is 270 g/mol. The van der Waals surface area contributed by atoms with E-state index < -0.39 is 13.9 Å². The molecule has 0 aliphatic carbocycles. The molecule has 0 amide bonds. The molecule has 1 aromatic carbocycles. The summed E-state index contributed by atoms with van der Waals surface area (Å²) in [7, 11) is -3.48. The van der Waals surface area contributed by atoms with Gasteiger partial charge in [-0.2, -0.15) is 0 Å². The second-order valence-electron chi connectivity index (χ2n) is 3.99. The molecule has 4 nitrogen and oxygen atoms in total. The smallest absolute Gasteiger partial charge is 0.363 e. The van der Waals surface area contributed by atoms with Gasteiger partial charge in [-0.1, -0.05) is 23.8 Å². The van der Waals surface area contributed by atoms with Crippen LogP contribution in [-0.4, -0.2) is 18.0 Å². The molecule has 0 aliphatic rings. The van der Waals surface area contributed by atoms with Crippen LogP contribution in [0.4, 0.5) is 0 Å². The van der Waals surface area contributed by atoms with Gasteiger partial charge in [0.05, 0.1) is 11.9 Å². The van der Waals surface area contributed by atoms with E-state index in [9.17, 15) is 9.67 Å². The van der Waals surface area contributed by atoms with Gasteiger partial charge in [0.2, 0.25) is 0 Å². The first-order valence-electron chi connectivity index (χ1n) is 5.79. The molecule has 0 heterocycles. The summed E-state index contributed by atoms with van der Waals surface area (Å²) >= 11 is 0. The summed E-state index contributed by atoms with van der Waals surface area (Å²) in [6.07, 6.45) is 0.238. The first-order chi connectivity index (χ1) is 8.48.